The summed E-state index contributed by atoms with van der Waals surface area (Å²) in [6, 6.07) is 5.62. The first-order chi connectivity index (χ1) is 6.72. The van der Waals surface area contributed by atoms with Crippen LogP contribution in [0.1, 0.15) is 28.4 Å². The molecular weight excluding hydrogens is 244 g/mol. The van der Waals surface area contributed by atoms with Crippen molar-refractivity contribution >= 4 is 21.9 Å². The lowest BCUT2D eigenvalue weighted by atomic mass is 10.0. The highest BCUT2D eigenvalue weighted by Gasteiger charge is 2.29. The van der Waals surface area contributed by atoms with Crippen molar-refractivity contribution in [2.45, 2.75) is 12.5 Å². The van der Waals surface area contributed by atoms with Gasteiger partial charge in [-0.25, -0.2) is 4.79 Å². The number of carbonyl (C=O) groups excluding carboxylic acids is 1. The average Bonchev–Trinajstić information content (AvgIpc) is 2.44. The van der Waals surface area contributed by atoms with Crippen LogP contribution >= 0.6 is 15.9 Å². The molecule has 0 radical (unpaired) electrons. The molecule has 0 bridgehead atoms. The molecule has 0 aliphatic carbocycles. The number of carbonyl (C=O) groups is 1. The Balaban J connectivity index is 2.44. The van der Waals surface area contributed by atoms with E-state index in [0.717, 1.165) is 10.0 Å². The molecule has 2 nitrogen and oxygen atoms in total. The van der Waals surface area contributed by atoms with E-state index >= 15 is 0 Å². The maximum atomic E-state index is 11.4. The van der Waals surface area contributed by atoms with Crippen LogP contribution in [0.4, 0.5) is 0 Å². The Labute approximate surface area is 90.7 Å². The number of cyclic esters (lactones) is 1. The van der Waals surface area contributed by atoms with E-state index in [2.05, 4.69) is 22.5 Å². The van der Waals surface area contributed by atoms with E-state index in [0.29, 0.717) is 12.0 Å². The maximum Gasteiger partial charge on any atom is 0.339 e. The number of halogens is 1. The van der Waals surface area contributed by atoms with Gasteiger partial charge >= 0.3 is 5.97 Å². The molecule has 1 aromatic rings. The van der Waals surface area contributed by atoms with Crippen LogP contribution in [0.3, 0.4) is 0 Å². The first-order valence-corrected chi connectivity index (χ1v) is 5.13. The standard InChI is InChI=1S/C11H9BrO2/c1-2-3-10-8-5-4-7(12)6-9(8)11(13)14-10/h2,4-6,10H,1,3H2/t10-/m1/s1. The molecule has 0 fully saturated rings. The fraction of sp³-hybridized carbons (Fsp3) is 0.182. The van der Waals surface area contributed by atoms with E-state index in [1.165, 1.54) is 0 Å². The van der Waals surface area contributed by atoms with E-state index in [1.54, 1.807) is 12.1 Å². The molecule has 1 atom stereocenters. The quantitative estimate of drug-likeness (QED) is 0.597. The first-order valence-electron chi connectivity index (χ1n) is 4.33. The molecule has 1 aliphatic rings. The van der Waals surface area contributed by atoms with Gasteiger partial charge in [-0.3, -0.25) is 0 Å². The van der Waals surface area contributed by atoms with Gasteiger partial charge in [-0.05, 0) is 12.1 Å². The lowest BCUT2D eigenvalue weighted by Gasteiger charge is -2.06. The zero-order valence-electron chi connectivity index (χ0n) is 7.50. The van der Waals surface area contributed by atoms with Gasteiger partial charge in [0.15, 0.2) is 0 Å². The van der Waals surface area contributed by atoms with Crippen molar-refractivity contribution in [3.8, 4) is 0 Å². The Morgan fingerprint density at radius 3 is 3.07 bits per heavy atom. The summed E-state index contributed by atoms with van der Waals surface area (Å²) >= 11 is 3.32. The second kappa shape index (κ2) is 3.58. The SMILES string of the molecule is C=CC[C@H]1OC(=O)c2cc(Br)ccc21. The smallest absolute Gasteiger partial charge is 0.339 e. The zero-order chi connectivity index (χ0) is 10.1. The van der Waals surface area contributed by atoms with Gasteiger partial charge in [0, 0.05) is 16.5 Å². The largest absolute Gasteiger partial charge is 0.454 e. The highest BCUT2D eigenvalue weighted by atomic mass is 79.9. The van der Waals surface area contributed by atoms with Gasteiger partial charge in [0.25, 0.3) is 0 Å². The summed E-state index contributed by atoms with van der Waals surface area (Å²) in [6.45, 7) is 3.64. The summed E-state index contributed by atoms with van der Waals surface area (Å²) < 4.78 is 6.09. The molecule has 0 N–H and O–H groups in total. The van der Waals surface area contributed by atoms with Gasteiger partial charge in [-0.2, -0.15) is 0 Å². The summed E-state index contributed by atoms with van der Waals surface area (Å²) in [5.41, 5.74) is 1.62. The van der Waals surface area contributed by atoms with Crippen molar-refractivity contribution in [3.63, 3.8) is 0 Å². The average molecular weight is 253 g/mol. The first kappa shape index (κ1) is 9.46. The molecule has 0 saturated carbocycles. The van der Waals surface area contributed by atoms with Crippen molar-refractivity contribution in [1.29, 1.82) is 0 Å². The Bertz CT molecular complexity index is 398. The van der Waals surface area contributed by atoms with E-state index in [-0.39, 0.29) is 12.1 Å². The molecule has 0 amide bonds. The van der Waals surface area contributed by atoms with Gasteiger partial charge < -0.3 is 4.74 Å². The van der Waals surface area contributed by atoms with E-state index < -0.39 is 0 Å². The molecule has 72 valence electrons. The molecule has 3 heteroatoms. The van der Waals surface area contributed by atoms with Crippen LogP contribution in [0.5, 0.6) is 0 Å². The van der Waals surface area contributed by atoms with Gasteiger partial charge in [-0.1, -0.05) is 28.1 Å². The molecule has 0 spiro atoms. The molecule has 0 saturated heterocycles. The summed E-state index contributed by atoms with van der Waals surface area (Å²) in [5.74, 6) is -0.242. The molecule has 2 rings (SSSR count). The Morgan fingerprint density at radius 2 is 2.36 bits per heavy atom. The second-order valence-electron chi connectivity index (χ2n) is 3.15. The van der Waals surface area contributed by atoms with E-state index in [9.17, 15) is 4.79 Å². The molecule has 0 aromatic heterocycles. The number of hydrogen-bond acceptors (Lipinski definition) is 2. The minimum absolute atomic E-state index is 0.150. The topological polar surface area (TPSA) is 26.3 Å². The lowest BCUT2D eigenvalue weighted by Crippen LogP contribution is -1.96. The number of esters is 1. The van der Waals surface area contributed by atoms with Gasteiger partial charge in [0.1, 0.15) is 6.10 Å². The fourth-order valence-corrected chi connectivity index (χ4v) is 1.93. The van der Waals surface area contributed by atoms with Crippen molar-refractivity contribution < 1.29 is 9.53 Å². The number of benzene rings is 1. The highest BCUT2D eigenvalue weighted by molar-refractivity contribution is 9.10. The van der Waals surface area contributed by atoms with Gasteiger partial charge in [-0.15, -0.1) is 6.58 Å². The monoisotopic (exact) mass is 252 g/mol. The highest BCUT2D eigenvalue weighted by Crippen LogP contribution is 2.34. The van der Waals surface area contributed by atoms with Crippen LogP contribution in [-0.4, -0.2) is 5.97 Å². The Hall–Kier alpha value is -1.09. The number of fused-ring (bicyclic) bond motifs is 1. The van der Waals surface area contributed by atoms with Crippen molar-refractivity contribution in [2.75, 3.05) is 0 Å². The summed E-state index contributed by atoms with van der Waals surface area (Å²) in [4.78, 5) is 11.4. The fourth-order valence-electron chi connectivity index (χ4n) is 1.57. The predicted molar refractivity (Wildman–Crippen MR) is 57.1 cm³/mol. The third-order valence-corrected chi connectivity index (χ3v) is 2.71. The third kappa shape index (κ3) is 1.48. The number of hydrogen-bond donors (Lipinski definition) is 0. The number of ether oxygens (including phenoxy) is 1. The number of rotatable bonds is 2. The molecule has 1 heterocycles. The normalized spacial score (nSPS) is 18.9. The molecule has 0 unspecified atom stereocenters. The van der Waals surface area contributed by atoms with Crippen molar-refractivity contribution in [2.24, 2.45) is 0 Å². The molecule has 1 aromatic carbocycles. The van der Waals surface area contributed by atoms with Crippen LogP contribution in [0, 0.1) is 0 Å². The predicted octanol–water partition coefficient (Wildman–Crippen LogP) is 3.24. The minimum Gasteiger partial charge on any atom is -0.454 e. The Kier molecular flexibility index (Phi) is 2.42. The van der Waals surface area contributed by atoms with Crippen LogP contribution in [0.25, 0.3) is 0 Å². The van der Waals surface area contributed by atoms with Crippen molar-refractivity contribution in [1.82, 2.24) is 0 Å². The molecular formula is C11H9BrO2. The summed E-state index contributed by atoms with van der Waals surface area (Å²) in [5, 5.41) is 0. The van der Waals surface area contributed by atoms with Crippen LogP contribution < -0.4 is 0 Å². The lowest BCUT2D eigenvalue weighted by molar-refractivity contribution is 0.0392. The maximum absolute atomic E-state index is 11.4. The summed E-state index contributed by atoms with van der Waals surface area (Å²) in [7, 11) is 0. The minimum atomic E-state index is -0.242. The van der Waals surface area contributed by atoms with Crippen LogP contribution in [0.2, 0.25) is 0 Å². The van der Waals surface area contributed by atoms with Gasteiger partial charge in [0.05, 0.1) is 5.56 Å². The van der Waals surface area contributed by atoms with Crippen molar-refractivity contribution in [3.05, 3.63) is 46.5 Å². The van der Waals surface area contributed by atoms with E-state index in [1.807, 2.05) is 12.1 Å². The van der Waals surface area contributed by atoms with Crippen LogP contribution in [-0.2, 0) is 4.74 Å². The third-order valence-electron chi connectivity index (χ3n) is 2.21. The van der Waals surface area contributed by atoms with Gasteiger partial charge in [0.2, 0.25) is 0 Å². The zero-order valence-corrected chi connectivity index (χ0v) is 9.08. The second-order valence-corrected chi connectivity index (χ2v) is 4.07. The Morgan fingerprint density at radius 1 is 1.57 bits per heavy atom. The molecule has 1 aliphatic heterocycles. The van der Waals surface area contributed by atoms with E-state index in [4.69, 9.17) is 4.74 Å². The van der Waals surface area contributed by atoms with Crippen LogP contribution in [0.15, 0.2) is 35.3 Å². The molecule has 14 heavy (non-hydrogen) atoms. The summed E-state index contributed by atoms with van der Waals surface area (Å²) in [6.07, 6.45) is 2.28.